The summed E-state index contributed by atoms with van der Waals surface area (Å²) in [5, 5.41) is 9.53. The summed E-state index contributed by atoms with van der Waals surface area (Å²) in [6.45, 7) is 9.94. The number of benzene rings is 1. The van der Waals surface area contributed by atoms with Crippen LogP contribution in [0.2, 0.25) is 0 Å². The molecule has 2 rings (SSSR count). The number of rotatable bonds is 4. The zero-order chi connectivity index (χ0) is 19.0. The quantitative estimate of drug-likeness (QED) is 0.821. The lowest BCUT2D eigenvalue weighted by atomic mass is 9.70. The summed E-state index contributed by atoms with van der Waals surface area (Å²) < 4.78 is 30.3. The average Bonchev–Trinajstić information content (AvgIpc) is 2.84. The van der Waals surface area contributed by atoms with Crippen molar-refractivity contribution in [1.29, 1.82) is 0 Å². The lowest BCUT2D eigenvalue weighted by Gasteiger charge is -2.42. The highest BCUT2D eigenvalue weighted by atomic mass is 32.2. The van der Waals surface area contributed by atoms with Crippen LogP contribution in [0.5, 0.6) is 0 Å². The molecule has 1 aromatic rings. The SMILES string of the molecule is Cc1ccc(S(=O)(=O)OC[C@@]2(C)C(C(C)(C)C)CCN2C(=O)O)cc1. The number of aryl methyl sites for hydroxylation is 1. The standard InChI is InChI=1S/C18H27NO5S/c1-13-6-8-14(9-7-13)25(22,23)24-12-18(5)15(17(2,3)4)10-11-19(18)16(20)21/h6-9,15H,10-12H2,1-5H3,(H,20,21)/t15?,18-/m0/s1. The van der Waals surface area contributed by atoms with Crippen LogP contribution < -0.4 is 0 Å². The molecule has 2 atom stereocenters. The molecule has 1 fully saturated rings. The van der Waals surface area contributed by atoms with Crippen molar-refractivity contribution < 1.29 is 22.5 Å². The lowest BCUT2D eigenvalue weighted by molar-refractivity contribution is 0.0272. The van der Waals surface area contributed by atoms with Gasteiger partial charge in [-0.3, -0.25) is 4.18 Å². The first-order valence-electron chi connectivity index (χ1n) is 8.34. The number of amides is 1. The molecule has 1 aromatic carbocycles. The van der Waals surface area contributed by atoms with E-state index >= 15 is 0 Å². The fourth-order valence-corrected chi connectivity index (χ4v) is 4.84. The van der Waals surface area contributed by atoms with Crippen LogP contribution in [0.4, 0.5) is 4.79 Å². The average molecular weight is 369 g/mol. The predicted octanol–water partition coefficient (Wildman–Crippen LogP) is 3.51. The Kier molecular flexibility index (Phi) is 5.21. The van der Waals surface area contributed by atoms with Gasteiger partial charge in [-0.25, -0.2) is 4.79 Å². The molecule has 0 spiro atoms. The van der Waals surface area contributed by atoms with Gasteiger partial charge in [0.1, 0.15) is 0 Å². The van der Waals surface area contributed by atoms with Gasteiger partial charge in [-0.15, -0.1) is 0 Å². The molecule has 1 amide bonds. The topological polar surface area (TPSA) is 83.9 Å². The lowest BCUT2D eigenvalue weighted by Crippen LogP contribution is -2.54. The maximum absolute atomic E-state index is 12.5. The monoisotopic (exact) mass is 369 g/mol. The van der Waals surface area contributed by atoms with E-state index in [0.717, 1.165) is 5.56 Å². The summed E-state index contributed by atoms with van der Waals surface area (Å²) in [5.74, 6) is -0.00989. The second-order valence-electron chi connectivity index (χ2n) is 8.03. The van der Waals surface area contributed by atoms with Crippen molar-refractivity contribution in [1.82, 2.24) is 4.90 Å². The number of likely N-dealkylation sites (tertiary alicyclic amines) is 1. The van der Waals surface area contributed by atoms with Gasteiger partial charge in [-0.1, -0.05) is 38.5 Å². The molecule has 0 bridgehead atoms. The summed E-state index contributed by atoms with van der Waals surface area (Å²) in [5.41, 5.74) is -0.121. The molecule has 1 saturated heterocycles. The highest BCUT2D eigenvalue weighted by Gasteiger charge is 2.52. The molecule has 25 heavy (non-hydrogen) atoms. The van der Waals surface area contributed by atoms with Crippen molar-refractivity contribution in [3.05, 3.63) is 29.8 Å². The molecule has 1 heterocycles. The molecule has 0 radical (unpaired) electrons. The maximum atomic E-state index is 12.5. The van der Waals surface area contributed by atoms with Crippen LogP contribution in [0.3, 0.4) is 0 Å². The van der Waals surface area contributed by atoms with Gasteiger partial charge in [-0.05, 0) is 43.7 Å². The molecule has 1 aliphatic heterocycles. The Balaban J connectivity index is 2.27. The smallest absolute Gasteiger partial charge is 0.407 e. The molecule has 6 nitrogen and oxygen atoms in total. The number of hydrogen-bond donors (Lipinski definition) is 1. The van der Waals surface area contributed by atoms with Gasteiger partial charge in [0, 0.05) is 6.54 Å². The van der Waals surface area contributed by atoms with Gasteiger partial charge in [0.2, 0.25) is 0 Å². The number of carbonyl (C=O) groups is 1. The molecule has 0 aliphatic carbocycles. The van der Waals surface area contributed by atoms with Crippen molar-refractivity contribution in [2.45, 2.75) is 51.5 Å². The molecule has 1 unspecified atom stereocenters. The fourth-order valence-electron chi connectivity index (χ4n) is 3.84. The minimum atomic E-state index is -3.94. The van der Waals surface area contributed by atoms with Crippen molar-refractivity contribution >= 4 is 16.2 Å². The van der Waals surface area contributed by atoms with Crippen molar-refractivity contribution in [3.8, 4) is 0 Å². The zero-order valence-electron chi connectivity index (χ0n) is 15.4. The van der Waals surface area contributed by atoms with E-state index in [1.54, 1.807) is 19.1 Å². The molecular weight excluding hydrogens is 342 g/mol. The number of hydrogen-bond acceptors (Lipinski definition) is 4. The molecule has 7 heteroatoms. The van der Waals surface area contributed by atoms with E-state index < -0.39 is 21.8 Å². The maximum Gasteiger partial charge on any atom is 0.407 e. The third-order valence-electron chi connectivity index (χ3n) is 5.10. The third-order valence-corrected chi connectivity index (χ3v) is 6.38. The summed E-state index contributed by atoms with van der Waals surface area (Å²) in [4.78, 5) is 13.0. The second kappa shape index (κ2) is 6.61. The van der Waals surface area contributed by atoms with E-state index in [-0.39, 0.29) is 22.8 Å². The molecule has 0 saturated carbocycles. The Bertz CT molecular complexity index is 736. The Morgan fingerprint density at radius 2 is 1.88 bits per heavy atom. The highest BCUT2D eigenvalue weighted by Crippen LogP contribution is 2.45. The Morgan fingerprint density at radius 3 is 2.36 bits per heavy atom. The highest BCUT2D eigenvalue weighted by molar-refractivity contribution is 7.86. The fraction of sp³-hybridized carbons (Fsp3) is 0.611. The van der Waals surface area contributed by atoms with E-state index in [1.165, 1.54) is 17.0 Å². The van der Waals surface area contributed by atoms with E-state index in [1.807, 2.05) is 27.7 Å². The number of carboxylic acid groups (broad SMARTS) is 1. The van der Waals surface area contributed by atoms with Crippen LogP contribution in [0.1, 0.15) is 39.7 Å². The summed E-state index contributed by atoms with van der Waals surface area (Å²) in [6, 6.07) is 6.40. The van der Waals surface area contributed by atoms with Gasteiger partial charge in [0.15, 0.2) is 0 Å². The predicted molar refractivity (Wildman–Crippen MR) is 95.0 cm³/mol. The Labute approximate surface area is 149 Å². The summed E-state index contributed by atoms with van der Waals surface area (Å²) in [7, 11) is -3.94. The molecular formula is C18H27NO5S. The Hall–Kier alpha value is -1.60. The molecule has 0 aromatic heterocycles. The largest absolute Gasteiger partial charge is 0.465 e. The van der Waals surface area contributed by atoms with Gasteiger partial charge >= 0.3 is 6.09 Å². The van der Waals surface area contributed by atoms with Crippen LogP contribution in [-0.2, 0) is 14.3 Å². The minimum absolute atomic E-state index is 0.00989. The van der Waals surface area contributed by atoms with E-state index in [4.69, 9.17) is 4.18 Å². The van der Waals surface area contributed by atoms with Gasteiger partial charge in [0.25, 0.3) is 10.1 Å². The number of nitrogens with zero attached hydrogens (tertiary/aromatic N) is 1. The first kappa shape index (κ1) is 19.7. The molecule has 1 N–H and O–H groups in total. The van der Waals surface area contributed by atoms with Gasteiger partial charge < -0.3 is 10.0 Å². The summed E-state index contributed by atoms with van der Waals surface area (Å²) in [6.07, 6.45) is -0.370. The van der Waals surface area contributed by atoms with Crippen molar-refractivity contribution in [2.24, 2.45) is 11.3 Å². The summed E-state index contributed by atoms with van der Waals surface area (Å²) >= 11 is 0. The molecule has 140 valence electrons. The zero-order valence-corrected chi connectivity index (χ0v) is 16.3. The van der Waals surface area contributed by atoms with Crippen molar-refractivity contribution in [2.75, 3.05) is 13.2 Å². The third kappa shape index (κ3) is 3.98. The van der Waals surface area contributed by atoms with E-state index in [0.29, 0.717) is 13.0 Å². The van der Waals surface area contributed by atoms with Crippen LogP contribution in [0.25, 0.3) is 0 Å². The van der Waals surface area contributed by atoms with E-state index in [2.05, 4.69) is 0 Å². The first-order chi connectivity index (χ1) is 11.4. The second-order valence-corrected chi connectivity index (χ2v) is 9.64. The Morgan fingerprint density at radius 1 is 1.32 bits per heavy atom. The van der Waals surface area contributed by atoms with Crippen LogP contribution >= 0.6 is 0 Å². The van der Waals surface area contributed by atoms with E-state index in [9.17, 15) is 18.3 Å². The minimum Gasteiger partial charge on any atom is -0.465 e. The first-order valence-corrected chi connectivity index (χ1v) is 9.75. The van der Waals surface area contributed by atoms with Crippen LogP contribution in [0, 0.1) is 18.3 Å². The van der Waals surface area contributed by atoms with Gasteiger partial charge in [0.05, 0.1) is 17.0 Å². The normalized spacial score (nSPS) is 24.5. The van der Waals surface area contributed by atoms with Gasteiger partial charge in [-0.2, -0.15) is 8.42 Å². The van der Waals surface area contributed by atoms with Crippen molar-refractivity contribution in [3.63, 3.8) is 0 Å². The molecule has 1 aliphatic rings. The van der Waals surface area contributed by atoms with Crippen LogP contribution in [-0.4, -0.2) is 43.2 Å². The van der Waals surface area contributed by atoms with Crippen LogP contribution in [0.15, 0.2) is 29.2 Å².